The predicted molar refractivity (Wildman–Crippen MR) is 139 cm³/mol. The molecule has 0 amide bonds. The zero-order valence-electron chi connectivity index (χ0n) is 20.4. The number of carbonyl (C=O) groups excluding carboxylic acids is 1. The largest absolute Gasteiger partial charge is 0.466 e. The monoisotopic (exact) mass is 586 g/mol. The topological polar surface area (TPSA) is 121 Å². The minimum atomic E-state index is -3.58. The molecular weight excluding hydrogens is 562 g/mol. The number of sulfonamides is 1. The quantitative estimate of drug-likeness (QED) is 0.277. The van der Waals surface area contributed by atoms with E-state index in [-0.39, 0.29) is 24.3 Å². The molecule has 9 nitrogen and oxygen atoms in total. The summed E-state index contributed by atoms with van der Waals surface area (Å²) in [4.78, 5) is 22.0. The number of allylic oxidation sites excluding steroid dienone is 1. The van der Waals surface area contributed by atoms with Gasteiger partial charge in [0.15, 0.2) is 22.5 Å². The summed E-state index contributed by atoms with van der Waals surface area (Å²) in [5.74, 6) is -3.24. The van der Waals surface area contributed by atoms with E-state index in [4.69, 9.17) is 16.3 Å². The number of hydrogen-bond donors (Lipinski definition) is 2. The number of amidine groups is 1. The van der Waals surface area contributed by atoms with Gasteiger partial charge in [-0.3, -0.25) is 4.99 Å². The summed E-state index contributed by atoms with van der Waals surface area (Å²) in [5, 5.41) is 14.3. The number of aliphatic imine (C=N–C) groups is 1. The summed E-state index contributed by atoms with van der Waals surface area (Å²) in [7, 11) is -2.38. The van der Waals surface area contributed by atoms with Crippen molar-refractivity contribution in [2.45, 2.75) is 24.9 Å². The lowest BCUT2D eigenvalue weighted by atomic mass is 9.84. The number of nitrogens with zero attached hydrogens (tertiary/aromatic N) is 3. The van der Waals surface area contributed by atoms with E-state index < -0.39 is 50.7 Å². The summed E-state index contributed by atoms with van der Waals surface area (Å²) < 4.78 is 59.1. The number of carbonyl (C=O) groups is 1. The highest BCUT2D eigenvalue weighted by Crippen LogP contribution is 2.41. The van der Waals surface area contributed by atoms with Crippen molar-refractivity contribution in [3.63, 3.8) is 0 Å². The van der Waals surface area contributed by atoms with Crippen molar-refractivity contribution in [2.24, 2.45) is 10.9 Å². The minimum absolute atomic E-state index is 0.0512. The van der Waals surface area contributed by atoms with Gasteiger partial charge >= 0.3 is 5.97 Å². The van der Waals surface area contributed by atoms with Gasteiger partial charge in [-0.25, -0.2) is 27.0 Å². The molecule has 0 bridgehead atoms. The minimum Gasteiger partial charge on any atom is -0.466 e. The molecule has 1 aliphatic carbocycles. The van der Waals surface area contributed by atoms with Crippen molar-refractivity contribution in [3.05, 3.63) is 74.4 Å². The molecule has 4 rings (SSSR count). The van der Waals surface area contributed by atoms with Gasteiger partial charge in [-0.1, -0.05) is 29.8 Å². The summed E-state index contributed by atoms with van der Waals surface area (Å²) in [6.07, 6.45) is 6.95. The molecule has 204 valence electrons. The van der Waals surface area contributed by atoms with Gasteiger partial charge in [0.05, 0.1) is 30.6 Å². The SMILES string of the molecule is COC(=O)C1=C([C@@H]2C=C[C@@H](N(CCO)S(C)(=O)=O)CC2)NC(c2nccs2)=N[C@@H]1c1ccc(F)c(F)c1Cl. The average molecular weight is 587 g/mol. The molecule has 2 heterocycles. The van der Waals surface area contributed by atoms with E-state index in [9.17, 15) is 27.1 Å². The Bertz CT molecular complexity index is 1410. The van der Waals surface area contributed by atoms with Crippen LogP contribution in [0.25, 0.3) is 0 Å². The van der Waals surface area contributed by atoms with Crippen molar-refractivity contribution >= 4 is 44.8 Å². The number of rotatable bonds is 8. The van der Waals surface area contributed by atoms with Crippen LogP contribution in [0.5, 0.6) is 0 Å². The van der Waals surface area contributed by atoms with Crippen LogP contribution in [0, 0.1) is 17.6 Å². The van der Waals surface area contributed by atoms with Gasteiger partial charge in [0.1, 0.15) is 6.04 Å². The summed E-state index contributed by atoms with van der Waals surface area (Å²) in [6.45, 7) is -0.380. The third kappa shape index (κ3) is 5.66. The van der Waals surface area contributed by atoms with Crippen molar-refractivity contribution in [2.75, 3.05) is 26.5 Å². The number of aliphatic hydroxyl groups is 1. The fraction of sp³-hybridized carbons (Fsp3) is 0.375. The lowest BCUT2D eigenvalue weighted by Crippen LogP contribution is -2.43. The first-order valence-corrected chi connectivity index (χ1v) is 14.6. The lowest BCUT2D eigenvalue weighted by molar-refractivity contribution is -0.136. The molecule has 0 unspecified atom stereocenters. The molecule has 0 fully saturated rings. The van der Waals surface area contributed by atoms with Gasteiger partial charge < -0.3 is 15.2 Å². The number of methoxy groups -OCH3 is 1. The molecule has 0 spiro atoms. The Morgan fingerprint density at radius 3 is 2.66 bits per heavy atom. The summed E-state index contributed by atoms with van der Waals surface area (Å²) in [6, 6.07) is 0.569. The van der Waals surface area contributed by atoms with Crippen molar-refractivity contribution < 1.29 is 31.8 Å². The van der Waals surface area contributed by atoms with Gasteiger partial charge in [0, 0.05) is 41.3 Å². The molecule has 14 heteroatoms. The van der Waals surface area contributed by atoms with E-state index >= 15 is 0 Å². The number of aromatic nitrogens is 1. The third-order valence-electron chi connectivity index (χ3n) is 6.30. The van der Waals surface area contributed by atoms with Gasteiger partial charge in [-0.2, -0.15) is 4.31 Å². The van der Waals surface area contributed by atoms with E-state index in [1.165, 1.54) is 28.8 Å². The molecule has 2 N–H and O–H groups in total. The van der Waals surface area contributed by atoms with Crippen LogP contribution in [-0.2, 0) is 19.6 Å². The van der Waals surface area contributed by atoms with Crippen LogP contribution < -0.4 is 5.32 Å². The number of benzene rings is 1. The van der Waals surface area contributed by atoms with Crippen LogP contribution in [0.15, 0.2) is 52.1 Å². The molecule has 2 aromatic rings. The van der Waals surface area contributed by atoms with E-state index in [2.05, 4.69) is 15.3 Å². The maximum Gasteiger partial charge on any atom is 0.338 e. The number of esters is 1. The second kappa shape index (κ2) is 11.6. The Morgan fingerprint density at radius 2 is 2.08 bits per heavy atom. The van der Waals surface area contributed by atoms with Gasteiger partial charge in [-0.15, -0.1) is 11.3 Å². The van der Waals surface area contributed by atoms with Crippen molar-refractivity contribution in [3.8, 4) is 0 Å². The van der Waals surface area contributed by atoms with Crippen LogP contribution in [0.3, 0.4) is 0 Å². The number of nitrogens with one attached hydrogen (secondary N) is 1. The molecule has 1 aromatic carbocycles. The molecule has 1 aromatic heterocycles. The molecule has 0 saturated heterocycles. The molecule has 2 aliphatic rings. The molecule has 0 radical (unpaired) electrons. The first-order valence-electron chi connectivity index (χ1n) is 11.5. The standard InChI is InChI=1S/C24H25ClF2N4O5S2/c1-36-24(33)17-20(13-3-5-14(6-4-13)31(10-11-32)38(2,34)35)29-22(23-28-9-12-37-23)30-21(17)15-7-8-16(26)19(27)18(15)25/h3,5,7-9,12-14,21,32H,4,6,10-11H2,1-2H3,(H,29,30)/t13-,14-,21-/m1/s1. The predicted octanol–water partition coefficient (Wildman–Crippen LogP) is 3.18. The normalized spacial score (nSPS) is 21.9. The maximum atomic E-state index is 14.5. The Morgan fingerprint density at radius 1 is 1.32 bits per heavy atom. The highest BCUT2D eigenvalue weighted by atomic mass is 35.5. The summed E-state index contributed by atoms with van der Waals surface area (Å²) in [5.41, 5.74) is 0.539. The molecule has 0 saturated carbocycles. The third-order valence-corrected chi connectivity index (χ3v) is 8.77. The van der Waals surface area contributed by atoms with Crippen LogP contribution in [0.2, 0.25) is 5.02 Å². The fourth-order valence-electron chi connectivity index (χ4n) is 4.58. The Balaban J connectivity index is 1.82. The van der Waals surface area contributed by atoms with Gasteiger partial charge in [-0.05, 0) is 18.9 Å². The number of hydrogen-bond acceptors (Lipinski definition) is 9. The number of thiazole rings is 1. The molecule has 3 atom stereocenters. The second-order valence-electron chi connectivity index (χ2n) is 8.66. The fourth-order valence-corrected chi connectivity index (χ4v) is 6.51. The zero-order valence-corrected chi connectivity index (χ0v) is 22.8. The van der Waals surface area contributed by atoms with E-state index in [1.54, 1.807) is 23.7 Å². The zero-order chi connectivity index (χ0) is 27.6. The lowest BCUT2D eigenvalue weighted by Gasteiger charge is -2.34. The first-order chi connectivity index (χ1) is 18.1. The number of aliphatic hydroxyl groups excluding tert-OH is 1. The smallest absolute Gasteiger partial charge is 0.338 e. The molecular formula is C24H25ClF2N4O5S2. The second-order valence-corrected chi connectivity index (χ2v) is 11.9. The highest BCUT2D eigenvalue weighted by molar-refractivity contribution is 7.88. The van der Waals surface area contributed by atoms with E-state index in [0.29, 0.717) is 29.4 Å². The first kappa shape index (κ1) is 28.3. The Kier molecular flexibility index (Phi) is 8.62. The Labute approximate surface area is 227 Å². The summed E-state index contributed by atoms with van der Waals surface area (Å²) >= 11 is 7.48. The van der Waals surface area contributed by atoms with Crippen LogP contribution in [0.4, 0.5) is 8.78 Å². The highest BCUT2D eigenvalue weighted by Gasteiger charge is 2.38. The molecule has 1 aliphatic heterocycles. The number of ether oxygens (including phenoxy) is 1. The average Bonchev–Trinajstić information content (AvgIpc) is 3.44. The van der Waals surface area contributed by atoms with E-state index in [0.717, 1.165) is 12.3 Å². The Hall–Kier alpha value is -2.71. The van der Waals surface area contributed by atoms with E-state index in [1.807, 2.05) is 0 Å². The molecule has 38 heavy (non-hydrogen) atoms. The van der Waals surface area contributed by atoms with Gasteiger partial charge in [0.2, 0.25) is 10.0 Å². The van der Waals surface area contributed by atoms with Gasteiger partial charge in [0.25, 0.3) is 0 Å². The van der Waals surface area contributed by atoms with Crippen molar-refractivity contribution in [1.29, 1.82) is 0 Å². The number of halogens is 3. The van der Waals surface area contributed by atoms with Crippen LogP contribution in [0.1, 0.15) is 29.5 Å². The van der Waals surface area contributed by atoms with Crippen molar-refractivity contribution in [1.82, 2.24) is 14.6 Å². The maximum absolute atomic E-state index is 14.5. The van der Waals surface area contributed by atoms with Crippen LogP contribution >= 0.6 is 22.9 Å². The van der Waals surface area contributed by atoms with Crippen LogP contribution in [-0.4, -0.2) is 67.2 Å².